The normalized spacial score (nSPS) is 10.1. The maximum atomic E-state index is 12.8. The lowest BCUT2D eigenvalue weighted by Crippen LogP contribution is -2.17. The van der Waals surface area contributed by atoms with E-state index in [9.17, 15) is 13.6 Å². The maximum absolute atomic E-state index is 12.8. The molecule has 1 aromatic rings. The largest absolute Gasteiger partial charge is 0.464 e. The molecule has 0 radical (unpaired) electrons. The van der Waals surface area contributed by atoms with E-state index in [1.165, 1.54) is 6.07 Å². The van der Waals surface area contributed by atoms with Crippen LogP contribution >= 0.6 is 0 Å². The SMILES string of the molecule is CCCCOC(=O)CNc1ccc(F)c(F)c1. The topological polar surface area (TPSA) is 38.3 Å². The van der Waals surface area contributed by atoms with Gasteiger partial charge in [-0.15, -0.1) is 0 Å². The number of nitrogens with one attached hydrogen (secondary N) is 1. The molecule has 0 unspecified atom stereocenters. The number of ether oxygens (including phenoxy) is 1. The number of unbranched alkanes of at least 4 members (excludes halogenated alkanes) is 1. The van der Waals surface area contributed by atoms with Gasteiger partial charge in [-0.25, -0.2) is 8.78 Å². The van der Waals surface area contributed by atoms with E-state index in [-0.39, 0.29) is 6.54 Å². The Balaban J connectivity index is 2.34. The molecule has 1 aromatic carbocycles. The first-order chi connectivity index (χ1) is 8.13. The first-order valence-corrected chi connectivity index (χ1v) is 5.48. The van der Waals surface area contributed by atoms with Crippen molar-refractivity contribution in [3.63, 3.8) is 0 Å². The molecule has 3 nitrogen and oxygen atoms in total. The second kappa shape index (κ2) is 6.83. The van der Waals surface area contributed by atoms with Crippen molar-refractivity contribution in [2.45, 2.75) is 19.8 Å². The molecule has 0 aromatic heterocycles. The Hall–Kier alpha value is -1.65. The van der Waals surface area contributed by atoms with E-state index in [4.69, 9.17) is 4.74 Å². The molecule has 94 valence electrons. The predicted molar refractivity (Wildman–Crippen MR) is 60.7 cm³/mol. The number of rotatable bonds is 6. The third-order valence-corrected chi connectivity index (χ3v) is 2.12. The van der Waals surface area contributed by atoms with E-state index >= 15 is 0 Å². The van der Waals surface area contributed by atoms with Crippen molar-refractivity contribution < 1.29 is 18.3 Å². The van der Waals surface area contributed by atoms with Gasteiger partial charge in [0.15, 0.2) is 11.6 Å². The molecule has 0 saturated heterocycles. The third kappa shape index (κ3) is 4.80. The Morgan fingerprint density at radius 3 is 2.76 bits per heavy atom. The van der Waals surface area contributed by atoms with Crippen molar-refractivity contribution in [1.29, 1.82) is 0 Å². The van der Waals surface area contributed by atoms with Crippen molar-refractivity contribution in [2.24, 2.45) is 0 Å². The minimum Gasteiger partial charge on any atom is -0.464 e. The van der Waals surface area contributed by atoms with E-state index < -0.39 is 17.6 Å². The summed E-state index contributed by atoms with van der Waals surface area (Å²) in [5, 5.41) is 2.66. The Bertz CT molecular complexity index is 383. The van der Waals surface area contributed by atoms with Crippen molar-refractivity contribution in [1.82, 2.24) is 0 Å². The van der Waals surface area contributed by atoms with Crippen LogP contribution in [0.3, 0.4) is 0 Å². The van der Waals surface area contributed by atoms with E-state index in [0.29, 0.717) is 12.3 Å². The molecule has 0 atom stereocenters. The number of carbonyl (C=O) groups is 1. The molecule has 0 aliphatic carbocycles. The van der Waals surface area contributed by atoms with Gasteiger partial charge in [0.2, 0.25) is 0 Å². The maximum Gasteiger partial charge on any atom is 0.325 e. The lowest BCUT2D eigenvalue weighted by Gasteiger charge is -2.07. The van der Waals surface area contributed by atoms with Crippen LogP contribution in [0.15, 0.2) is 18.2 Å². The fraction of sp³-hybridized carbons (Fsp3) is 0.417. The standard InChI is InChI=1S/C12H15F2NO2/c1-2-3-6-17-12(16)8-15-9-4-5-10(13)11(14)7-9/h4-5,7,15H,2-3,6,8H2,1H3. The molecular weight excluding hydrogens is 228 g/mol. The Morgan fingerprint density at radius 1 is 1.35 bits per heavy atom. The Morgan fingerprint density at radius 2 is 2.12 bits per heavy atom. The summed E-state index contributed by atoms with van der Waals surface area (Å²) >= 11 is 0. The van der Waals surface area contributed by atoms with Crippen LogP contribution in [-0.2, 0) is 9.53 Å². The first kappa shape index (κ1) is 13.4. The van der Waals surface area contributed by atoms with Gasteiger partial charge in [-0.1, -0.05) is 13.3 Å². The highest BCUT2D eigenvalue weighted by Crippen LogP contribution is 2.12. The Labute approximate surface area is 98.8 Å². The van der Waals surface area contributed by atoms with Gasteiger partial charge in [-0.3, -0.25) is 4.79 Å². The summed E-state index contributed by atoms with van der Waals surface area (Å²) in [6.45, 7) is 2.32. The van der Waals surface area contributed by atoms with Crippen LogP contribution in [0.1, 0.15) is 19.8 Å². The van der Waals surface area contributed by atoms with Crippen LogP contribution in [0.5, 0.6) is 0 Å². The molecule has 0 fully saturated rings. The number of halogens is 2. The van der Waals surface area contributed by atoms with Crippen LogP contribution in [0.4, 0.5) is 14.5 Å². The van der Waals surface area contributed by atoms with E-state index in [2.05, 4.69) is 5.32 Å². The highest BCUT2D eigenvalue weighted by Gasteiger charge is 2.05. The van der Waals surface area contributed by atoms with Gasteiger partial charge in [0.05, 0.1) is 6.61 Å². The molecule has 0 heterocycles. The summed E-state index contributed by atoms with van der Waals surface area (Å²) in [5.41, 5.74) is 0.344. The number of esters is 1. The quantitative estimate of drug-likeness (QED) is 0.616. The molecular formula is C12H15F2NO2. The van der Waals surface area contributed by atoms with Gasteiger partial charge >= 0.3 is 5.97 Å². The zero-order chi connectivity index (χ0) is 12.7. The van der Waals surface area contributed by atoms with Crippen molar-refractivity contribution >= 4 is 11.7 Å². The lowest BCUT2D eigenvalue weighted by atomic mass is 10.3. The van der Waals surface area contributed by atoms with Crippen molar-refractivity contribution in [2.75, 3.05) is 18.5 Å². The van der Waals surface area contributed by atoms with Crippen LogP contribution in [-0.4, -0.2) is 19.1 Å². The average Bonchev–Trinajstić information content (AvgIpc) is 2.31. The molecule has 17 heavy (non-hydrogen) atoms. The monoisotopic (exact) mass is 243 g/mol. The van der Waals surface area contributed by atoms with Gasteiger partial charge in [0.1, 0.15) is 6.54 Å². The zero-order valence-electron chi connectivity index (χ0n) is 9.63. The summed E-state index contributed by atoms with van der Waals surface area (Å²) in [5.74, 6) is -2.28. The van der Waals surface area contributed by atoms with Crippen LogP contribution in [0, 0.1) is 11.6 Å². The number of benzene rings is 1. The molecule has 1 rings (SSSR count). The molecule has 0 saturated carbocycles. The van der Waals surface area contributed by atoms with Crippen molar-refractivity contribution in [3.8, 4) is 0 Å². The first-order valence-electron chi connectivity index (χ1n) is 5.48. The number of hydrogen-bond acceptors (Lipinski definition) is 3. The van der Waals surface area contributed by atoms with Crippen LogP contribution < -0.4 is 5.32 Å². The minimum atomic E-state index is -0.950. The summed E-state index contributed by atoms with van der Waals surface area (Å²) in [4.78, 5) is 11.2. The smallest absolute Gasteiger partial charge is 0.325 e. The van der Waals surface area contributed by atoms with Gasteiger partial charge in [-0.2, -0.15) is 0 Å². The van der Waals surface area contributed by atoms with E-state index in [1.54, 1.807) is 0 Å². The summed E-state index contributed by atoms with van der Waals surface area (Å²) in [6, 6.07) is 3.35. The molecule has 0 bridgehead atoms. The number of anilines is 1. The minimum absolute atomic E-state index is 0.0607. The summed E-state index contributed by atoms with van der Waals surface area (Å²) in [6.07, 6.45) is 1.76. The van der Waals surface area contributed by atoms with Gasteiger partial charge < -0.3 is 10.1 Å². The van der Waals surface area contributed by atoms with Gasteiger partial charge in [0.25, 0.3) is 0 Å². The Kier molecular flexibility index (Phi) is 5.39. The molecule has 5 heteroatoms. The highest BCUT2D eigenvalue weighted by atomic mass is 19.2. The fourth-order valence-electron chi connectivity index (χ4n) is 1.16. The van der Waals surface area contributed by atoms with E-state index in [1.807, 2.05) is 6.92 Å². The molecule has 0 amide bonds. The second-order valence-electron chi connectivity index (χ2n) is 3.56. The highest BCUT2D eigenvalue weighted by molar-refractivity contribution is 5.74. The van der Waals surface area contributed by atoms with E-state index in [0.717, 1.165) is 25.0 Å². The molecule has 1 N–H and O–H groups in total. The van der Waals surface area contributed by atoms with Gasteiger partial charge in [0, 0.05) is 11.8 Å². The van der Waals surface area contributed by atoms with Crippen LogP contribution in [0.2, 0.25) is 0 Å². The van der Waals surface area contributed by atoms with Crippen molar-refractivity contribution in [3.05, 3.63) is 29.8 Å². The number of carbonyl (C=O) groups excluding carboxylic acids is 1. The lowest BCUT2D eigenvalue weighted by molar-refractivity contribution is -0.141. The number of hydrogen-bond donors (Lipinski definition) is 1. The third-order valence-electron chi connectivity index (χ3n) is 2.12. The van der Waals surface area contributed by atoms with Crippen LogP contribution in [0.25, 0.3) is 0 Å². The second-order valence-corrected chi connectivity index (χ2v) is 3.56. The van der Waals surface area contributed by atoms with Gasteiger partial charge in [-0.05, 0) is 18.6 Å². The zero-order valence-corrected chi connectivity index (χ0v) is 9.63. The molecule has 0 aliphatic rings. The predicted octanol–water partition coefficient (Wildman–Crippen LogP) is 2.72. The fourth-order valence-corrected chi connectivity index (χ4v) is 1.16. The summed E-state index contributed by atoms with van der Waals surface area (Å²) in [7, 11) is 0. The average molecular weight is 243 g/mol. The molecule has 0 spiro atoms. The molecule has 0 aliphatic heterocycles. The summed E-state index contributed by atoms with van der Waals surface area (Å²) < 4.78 is 30.3.